The molecule has 0 amide bonds. The van der Waals surface area contributed by atoms with Crippen LogP contribution in [-0.2, 0) is 12.0 Å². The molecule has 0 saturated heterocycles. The summed E-state index contributed by atoms with van der Waals surface area (Å²) in [5, 5.41) is 11.1. The Morgan fingerprint density at radius 1 is 1.25 bits per heavy atom. The van der Waals surface area contributed by atoms with Crippen LogP contribution in [0.2, 0.25) is 0 Å². The van der Waals surface area contributed by atoms with Gasteiger partial charge in [0.05, 0.1) is 12.2 Å². The molecule has 20 heavy (non-hydrogen) atoms. The summed E-state index contributed by atoms with van der Waals surface area (Å²) < 4.78 is 5.57. The van der Waals surface area contributed by atoms with Gasteiger partial charge in [0, 0.05) is 6.42 Å². The van der Waals surface area contributed by atoms with Crippen molar-refractivity contribution in [3.05, 3.63) is 29.3 Å². The van der Waals surface area contributed by atoms with E-state index in [-0.39, 0.29) is 0 Å². The molecule has 0 bridgehead atoms. The Bertz CT molecular complexity index is 480. The van der Waals surface area contributed by atoms with Crippen LogP contribution in [-0.4, -0.2) is 11.7 Å². The SMILES string of the molecule is CC(C)C1CCCC(O)(c2ccc3c(c2)CCO3)CC1. The molecule has 110 valence electrons. The number of hydrogen-bond donors (Lipinski definition) is 1. The zero-order chi connectivity index (χ0) is 14.2. The minimum atomic E-state index is -0.624. The summed E-state index contributed by atoms with van der Waals surface area (Å²) in [7, 11) is 0. The monoisotopic (exact) mass is 274 g/mol. The molecule has 1 aromatic rings. The lowest BCUT2D eigenvalue weighted by atomic mass is 9.84. The summed E-state index contributed by atoms with van der Waals surface area (Å²) in [6.45, 7) is 5.40. The molecule has 1 N–H and O–H groups in total. The zero-order valence-corrected chi connectivity index (χ0v) is 12.7. The van der Waals surface area contributed by atoms with Crippen molar-refractivity contribution >= 4 is 0 Å². The van der Waals surface area contributed by atoms with Crippen molar-refractivity contribution in [2.45, 2.75) is 58.0 Å². The van der Waals surface area contributed by atoms with Crippen LogP contribution in [0.25, 0.3) is 0 Å². The van der Waals surface area contributed by atoms with Gasteiger partial charge in [-0.2, -0.15) is 0 Å². The van der Waals surface area contributed by atoms with Gasteiger partial charge in [-0.25, -0.2) is 0 Å². The zero-order valence-electron chi connectivity index (χ0n) is 12.7. The van der Waals surface area contributed by atoms with Gasteiger partial charge in [0.15, 0.2) is 0 Å². The second kappa shape index (κ2) is 5.40. The molecule has 2 atom stereocenters. The second-order valence-corrected chi connectivity index (χ2v) is 6.89. The summed E-state index contributed by atoms with van der Waals surface area (Å²) in [4.78, 5) is 0. The fourth-order valence-corrected chi connectivity index (χ4v) is 3.78. The average molecular weight is 274 g/mol. The normalized spacial score (nSPS) is 29.9. The minimum absolute atomic E-state index is 0.624. The number of aliphatic hydroxyl groups is 1. The fraction of sp³-hybridized carbons (Fsp3) is 0.667. The molecule has 1 fully saturated rings. The topological polar surface area (TPSA) is 29.5 Å². The standard InChI is InChI=1S/C18H26O2/c1-13(2)14-4-3-9-18(19,10-7-14)16-5-6-17-15(12-16)8-11-20-17/h5-6,12-14,19H,3-4,7-11H2,1-2H3. The lowest BCUT2D eigenvalue weighted by molar-refractivity contribution is 0.0190. The van der Waals surface area contributed by atoms with Gasteiger partial charge in [0.1, 0.15) is 5.75 Å². The number of ether oxygens (including phenoxy) is 1. The molecule has 0 aromatic heterocycles. The Balaban J connectivity index is 1.81. The molecule has 2 heteroatoms. The van der Waals surface area contributed by atoms with Crippen LogP contribution in [0.15, 0.2) is 18.2 Å². The van der Waals surface area contributed by atoms with Gasteiger partial charge in [0.25, 0.3) is 0 Å². The average Bonchev–Trinajstić information content (AvgIpc) is 2.80. The number of rotatable bonds is 2. The summed E-state index contributed by atoms with van der Waals surface area (Å²) in [6, 6.07) is 6.29. The van der Waals surface area contributed by atoms with E-state index < -0.39 is 5.60 Å². The molecule has 0 spiro atoms. The highest BCUT2D eigenvalue weighted by Crippen LogP contribution is 2.41. The van der Waals surface area contributed by atoms with Crippen LogP contribution < -0.4 is 4.74 Å². The van der Waals surface area contributed by atoms with E-state index in [1.165, 1.54) is 12.0 Å². The second-order valence-electron chi connectivity index (χ2n) is 6.89. The Morgan fingerprint density at radius 3 is 2.90 bits per heavy atom. The van der Waals surface area contributed by atoms with E-state index in [0.717, 1.165) is 61.9 Å². The summed E-state index contributed by atoms with van der Waals surface area (Å²) in [5.41, 5.74) is 1.74. The molecule has 2 aliphatic rings. The van der Waals surface area contributed by atoms with Crippen LogP contribution in [0.5, 0.6) is 5.75 Å². The van der Waals surface area contributed by atoms with Gasteiger partial charge in [-0.15, -0.1) is 0 Å². The third-order valence-electron chi connectivity index (χ3n) is 5.26. The Labute approximate surface area is 122 Å². The molecule has 1 aliphatic carbocycles. The van der Waals surface area contributed by atoms with Crippen molar-refractivity contribution in [2.24, 2.45) is 11.8 Å². The van der Waals surface area contributed by atoms with E-state index >= 15 is 0 Å². The van der Waals surface area contributed by atoms with Crippen LogP contribution in [0.1, 0.15) is 57.1 Å². The van der Waals surface area contributed by atoms with Gasteiger partial charge in [-0.3, -0.25) is 0 Å². The number of fused-ring (bicyclic) bond motifs is 1. The lowest BCUT2D eigenvalue weighted by Gasteiger charge is -2.28. The molecule has 1 heterocycles. The van der Waals surface area contributed by atoms with E-state index in [4.69, 9.17) is 4.74 Å². The van der Waals surface area contributed by atoms with E-state index in [1.807, 2.05) is 6.07 Å². The maximum atomic E-state index is 11.1. The van der Waals surface area contributed by atoms with E-state index in [2.05, 4.69) is 26.0 Å². The summed E-state index contributed by atoms with van der Waals surface area (Å²) in [5.74, 6) is 2.50. The predicted octanol–water partition coefficient (Wildman–Crippen LogP) is 4.05. The molecule has 2 unspecified atom stereocenters. The smallest absolute Gasteiger partial charge is 0.122 e. The first-order valence-electron chi connectivity index (χ1n) is 8.07. The third kappa shape index (κ3) is 2.58. The molecule has 3 rings (SSSR count). The van der Waals surface area contributed by atoms with Gasteiger partial charge < -0.3 is 9.84 Å². The first-order valence-corrected chi connectivity index (χ1v) is 8.07. The third-order valence-corrected chi connectivity index (χ3v) is 5.26. The maximum Gasteiger partial charge on any atom is 0.122 e. The van der Waals surface area contributed by atoms with Gasteiger partial charge in [0.2, 0.25) is 0 Å². The highest BCUT2D eigenvalue weighted by atomic mass is 16.5. The lowest BCUT2D eigenvalue weighted by Crippen LogP contribution is -2.25. The van der Waals surface area contributed by atoms with Crippen molar-refractivity contribution < 1.29 is 9.84 Å². The number of hydrogen-bond acceptors (Lipinski definition) is 2. The molecule has 1 saturated carbocycles. The molecule has 0 radical (unpaired) electrons. The van der Waals surface area contributed by atoms with Crippen LogP contribution in [0.3, 0.4) is 0 Å². The van der Waals surface area contributed by atoms with E-state index in [0.29, 0.717) is 0 Å². The molecule has 1 aliphatic heterocycles. The van der Waals surface area contributed by atoms with Crippen molar-refractivity contribution in [2.75, 3.05) is 6.61 Å². The highest BCUT2D eigenvalue weighted by Gasteiger charge is 2.34. The molecular weight excluding hydrogens is 248 g/mol. The van der Waals surface area contributed by atoms with Gasteiger partial charge >= 0.3 is 0 Å². The van der Waals surface area contributed by atoms with Gasteiger partial charge in [-0.1, -0.05) is 26.3 Å². The predicted molar refractivity (Wildman–Crippen MR) is 81.0 cm³/mol. The van der Waals surface area contributed by atoms with Crippen LogP contribution in [0, 0.1) is 11.8 Å². The first kappa shape index (κ1) is 13.9. The van der Waals surface area contributed by atoms with Crippen molar-refractivity contribution in [1.29, 1.82) is 0 Å². The summed E-state index contributed by atoms with van der Waals surface area (Å²) in [6.07, 6.45) is 6.31. The van der Waals surface area contributed by atoms with Crippen molar-refractivity contribution in [3.8, 4) is 5.75 Å². The van der Waals surface area contributed by atoms with Crippen molar-refractivity contribution in [1.82, 2.24) is 0 Å². The Kier molecular flexibility index (Phi) is 3.76. The van der Waals surface area contributed by atoms with E-state index in [1.54, 1.807) is 0 Å². The van der Waals surface area contributed by atoms with Crippen LogP contribution in [0.4, 0.5) is 0 Å². The quantitative estimate of drug-likeness (QED) is 0.825. The van der Waals surface area contributed by atoms with E-state index in [9.17, 15) is 5.11 Å². The number of benzene rings is 1. The highest BCUT2D eigenvalue weighted by molar-refractivity contribution is 5.41. The molecule has 1 aromatic carbocycles. The Hall–Kier alpha value is -1.02. The van der Waals surface area contributed by atoms with Gasteiger partial charge in [-0.05, 0) is 60.8 Å². The maximum absolute atomic E-state index is 11.1. The fourth-order valence-electron chi connectivity index (χ4n) is 3.78. The Morgan fingerprint density at radius 2 is 2.10 bits per heavy atom. The van der Waals surface area contributed by atoms with Crippen LogP contribution >= 0.6 is 0 Å². The minimum Gasteiger partial charge on any atom is -0.493 e. The van der Waals surface area contributed by atoms with Crippen molar-refractivity contribution in [3.63, 3.8) is 0 Å². The molecular formula is C18H26O2. The molecule has 2 nitrogen and oxygen atoms in total. The largest absolute Gasteiger partial charge is 0.493 e. The first-order chi connectivity index (χ1) is 9.58. The summed E-state index contributed by atoms with van der Waals surface area (Å²) >= 11 is 0.